The number of piperidine rings is 1. The summed E-state index contributed by atoms with van der Waals surface area (Å²) in [5.41, 5.74) is 0. The molecule has 1 aliphatic carbocycles. The van der Waals surface area contributed by atoms with Crippen molar-refractivity contribution in [2.24, 2.45) is 0 Å². The van der Waals surface area contributed by atoms with Gasteiger partial charge in [-0.2, -0.15) is 0 Å². The van der Waals surface area contributed by atoms with E-state index in [1.165, 1.54) is 12.8 Å². The molecular weight excluding hydrogens is 228 g/mol. The molecule has 0 aromatic heterocycles. The van der Waals surface area contributed by atoms with Gasteiger partial charge in [0.1, 0.15) is 0 Å². The minimum atomic E-state index is 0.0749. The quantitative estimate of drug-likeness (QED) is 0.761. The molecule has 5 heteroatoms. The molecule has 3 rings (SSSR count). The normalized spacial score (nSPS) is 31.9. The number of likely N-dealkylation sites (N-methyl/N-ethyl adjacent to an activating group) is 1. The molecule has 0 radical (unpaired) electrons. The Morgan fingerprint density at radius 2 is 1.78 bits per heavy atom. The first kappa shape index (κ1) is 12.4. The Bertz CT molecular complexity index is 310. The maximum absolute atomic E-state index is 12.5. The highest BCUT2D eigenvalue weighted by atomic mass is 16.2. The minimum absolute atomic E-state index is 0.0749. The van der Waals surface area contributed by atoms with Gasteiger partial charge in [-0.1, -0.05) is 0 Å². The van der Waals surface area contributed by atoms with Gasteiger partial charge in [-0.25, -0.2) is 5.01 Å². The van der Waals surface area contributed by atoms with Crippen molar-refractivity contribution in [3.8, 4) is 0 Å². The largest absolute Gasteiger partial charge is 0.304 e. The van der Waals surface area contributed by atoms with Crippen LogP contribution >= 0.6 is 0 Å². The number of hydrogen-bond acceptors (Lipinski definition) is 4. The van der Waals surface area contributed by atoms with Crippen molar-refractivity contribution in [1.82, 2.24) is 20.2 Å². The third-order valence-electron chi connectivity index (χ3n) is 4.25. The van der Waals surface area contributed by atoms with Gasteiger partial charge in [0.05, 0.1) is 6.04 Å². The predicted molar refractivity (Wildman–Crippen MR) is 70.0 cm³/mol. The van der Waals surface area contributed by atoms with Crippen LogP contribution in [0.1, 0.15) is 25.7 Å². The number of piperazine rings is 1. The molecule has 1 N–H and O–H groups in total. The molecule has 1 unspecified atom stereocenters. The van der Waals surface area contributed by atoms with E-state index in [0.29, 0.717) is 11.9 Å². The minimum Gasteiger partial charge on any atom is -0.304 e. The smallest absolute Gasteiger partial charge is 0.253 e. The van der Waals surface area contributed by atoms with Crippen molar-refractivity contribution in [1.29, 1.82) is 0 Å². The van der Waals surface area contributed by atoms with Crippen molar-refractivity contribution < 1.29 is 4.79 Å². The van der Waals surface area contributed by atoms with E-state index in [1.54, 1.807) is 0 Å². The molecule has 1 saturated carbocycles. The Morgan fingerprint density at radius 3 is 2.44 bits per heavy atom. The van der Waals surface area contributed by atoms with Crippen LogP contribution < -0.4 is 5.32 Å². The third-order valence-corrected chi connectivity index (χ3v) is 4.25. The third kappa shape index (κ3) is 2.68. The fraction of sp³-hybridized carbons (Fsp3) is 0.923. The summed E-state index contributed by atoms with van der Waals surface area (Å²) < 4.78 is 0. The van der Waals surface area contributed by atoms with Crippen LogP contribution in [0.2, 0.25) is 0 Å². The molecule has 2 saturated heterocycles. The molecule has 3 fully saturated rings. The standard InChI is InChI=1S/C13H24N4O/c1-15-7-9-16(10-8-15)17-6-2-3-12(13(17)18)14-11-4-5-11/h11-12,14H,2-10H2,1H3. The SMILES string of the molecule is CN1CCN(N2CCCC(NC3CC3)C2=O)CC1. The van der Waals surface area contributed by atoms with Crippen molar-refractivity contribution >= 4 is 5.91 Å². The van der Waals surface area contributed by atoms with Crippen LogP contribution in [0.3, 0.4) is 0 Å². The lowest BCUT2D eigenvalue weighted by Crippen LogP contribution is -2.61. The van der Waals surface area contributed by atoms with Crippen molar-refractivity contribution in [3.63, 3.8) is 0 Å². The molecule has 18 heavy (non-hydrogen) atoms. The van der Waals surface area contributed by atoms with Gasteiger partial charge in [0.2, 0.25) is 0 Å². The van der Waals surface area contributed by atoms with Crippen LogP contribution in [-0.4, -0.2) is 72.7 Å². The Labute approximate surface area is 109 Å². The van der Waals surface area contributed by atoms with E-state index in [1.807, 2.05) is 5.01 Å². The molecule has 102 valence electrons. The molecule has 0 aromatic rings. The number of hydrazine groups is 1. The second-order valence-electron chi connectivity index (χ2n) is 5.85. The Morgan fingerprint density at radius 1 is 1.06 bits per heavy atom. The first-order valence-electron chi connectivity index (χ1n) is 7.25. The number of amides is 1. The highest BCUT2D eigenvalue weighted by Crippen LogP contribution is 2.23. The Kier molecular flexibility index (Phi) is 3.54. The van der Waals surface area contributed by atoms with E-state index in [0.717, 1.165) is 45.6 Å². The van der Waals surface area contributed by atoms with Gasteiger partial charge >= 0.3 is 0 Å². The van der Waals surface area contributed by atoms with Crippen molar-refractivity contribution in [2.75, 3.05) is 39.8 Å². The van der Waals surface area contributed by atoms with Crippen molar-refractivity contribution in [2.45, 2.75) is 37.8 Å². The second kappa shape index (κ2) is 5.15. The highest BCUT2D eigenvalue weighted by Gasteiger charge is 2.36. The zero-order valence-corrected chi connectivity index (χ0v) is 11.3. The lowest BCUT2D eigenvalue weighted by Gasteiger charge is -2.43. The lowest BCUT2D eigenvalue weighted by molar-refractivity contribution is -0.159. The van der Waals surface area contributed by atoms with Crippen LogP contribution in [0.5, 0.6) is 0 Å². The number of nitrogens with one attached hydrogen (secondary N) is 1. The summed E-state index contributed by atoms with van der Waals surface area (Å²) in [6.07, 6.45) is 4.64. The number of rotatable bonds is 3. The van der Waals surface area contributed by atoms with Crippen molar-refractivity contribution in [3.05, 3.63) is 0 Å². The fourth-order valence-corrected chi connectivity index (χ4v) is 2.87. The Balaban J connectivity index is 1.58. The van der Waals surface area contributed by atoms with Crippen LogP contribution in [-0.2, 0) is 4.79 Å². The second-order valence-corrected chi connectivity index (χ2v) is 5.85. The van der Waals surface area contributed by atoms with Gasteiger partial charge in [-0.3, -0.25) is 9.80 Å². The van der Waals surface area contributed by atoms with Crippen LogP contribution in [0.25, 0.3) is 0 Å². The van der Waals surface area contributed by atoms with Gasteiger partial charge in [-0.15, -0.1) is 0 Å². The zero-order valence-electron chi connectivity index (χ0n) is 11.3. The predicted octanol–water partition coefficient (Wildman–Crippen LogP) is -0.108. The lowest BCUT2D eigenvalue weighted by atomic mass is 10.1. The van der Waals surface area contributed by atoms with Crippen LogP contribution in [0.4, 0.5) is 0 Å². The summed E-state index contributed by atoms with van der Waals surface area (Å²) in [5, 5.41) is 7.76. The van der Waals surface area contributed by atoms with E-state index in [4.69, 9.17) is 0 Å². The average Bonchev–Trinajstić information content (AvgIpc) is 3.17. The number of carbonyl (C=O) groups excluding carboxylic acids is 1. The summed E-state index contributed by atoms with van der Waals surface area (Å²) >= 11 is 0. The molecule has 3 aliphatic rings. The molecule has 5 nitrogen and oxygen atoms in total. The monoisotopic (exact) mass is 252 g/mol. The van der Waals surface area contributed by atoms with E-state index in [9.17, 15) is 4.79 Å². The molecule has 2 aliphatic heterocycles. The summed E-state index contributed by atoms with van der Waals surface area (Å²) in [6, 6.07) is 0.692. The average molecular weight is 252 g/mol. The molecule has 1 atom stereocenters. The van der Waals surface area contributed by atoms with Crippen LogP contribution in [0, 0.1) is 0 Å². The van der Waals surface area contributed by atoms with E-state index in [-0.39, 0.29) is 6.04 Å². The van der Waals surface area contributed by atoms with Gasteiger partial charge in [-0.05, 0) is 32.7 Å². The first-order valence-corrected chi connectivity index (χ1v) is 7.25. The van der Waals surface area contributed by atoms with Gasteiger partial charge in [0, 0.05) is 38.8 Å². The number of hydrogen-bond donors (Lipinski definition) is 1. The zero-order chi connectivity index (χ0) is 12.5. The molecule has 0 bridgehead atoms. The summed E-state index contributed by atoms with van der Waals surface area (Å²) in [4.78, 5) is 14.8. The molecular formula is C13H24N4O. The van der Waals surface area contributed by atoms with E-state index >= 15 is 0 Å². The summed E-state index contributed by atoms with van der Waals surface area (Å²) in [7, 11) is 2.15. The van der Waals surface area contributed by atoms with Gasteiger partial charge < -0.3 is 10.2 Å². The molecule has 2 heterocycles. The fourth-order valence-electron chi connectivity index (χ4n) is 2.87. The maximum atomic E-state index is 12.5. The van der Waals surface area contributed by atoms with Gasteiger partial charge in [0.15, 0.2) is 0 Å². The maximum Gasteiger partial charge on any atom is 0.253 e. The summed E-state index contributed by atoms with van der Waals surface area (Å²) in [6.45, 7) is 5.00. The number of nitrogens with zero attached hydrogens (tertiary/aromatic N) is 3. The van der Waals surface area contributed by atoms with E-state index < -0.39 is 0 Å². The highest BCUT2D eigenvalue weighted by molar-refractivity contribution is 5.82. The molecule has 0 spiro atoms. The van der Waals surface area contributed by atoms with E-state index in [2.05, 4.69) is 22.3 Å². The van der Waals surface area contributed by atoms with Gasteiger partial charge in [0.25, 0.3) is 5.91 Å². The first-order chi connectivity index (χ1) is 8.74. The Hall–Kier alpha value is -0.650. The number of carbonyl (C=O) groups is 1. The summed E-state index contributed by atoms with van der Waals surface area (Å²) in [5.74, 6) is 0.303. The molecule has 0 aromatic carbocycles. The molecule has 1 amide bonds. The topological polar surface area (TPSA) is 38.8 Å². The van der Waals surface area contributed by atoms with Crippen LogP contribution in [0.15, 0.2) is 0 Å².